The van der Waals surface area contributed by atoms with Gasteiger partial charge < -0.3 is 9.94 Å². The van der Waals surface area contributed by atoms with E-state index < -0.39 is 4.92 Å². The van der Waals surface area contributed by atoms with Crippen molar-refractivity contribution in [1.82, 2.24) is 5.48 Å². The van der Waals surface area contributed by atoms with Crippen LogP contribution in [0.25, 0.3) is 0 Å². The molecule has 136 valence electrons. The molecule has 2 aromatic rings. The van der Waals surface area contributed by atoms with Gasteiger partial charge >= 0.3 is 0 Å². The molecule has 2 N–H and O–H groups in total. The molecule has 0 atom stereocenters. The van der Waals surface area contributed by atoms with Crippen molar-refractivity contribution in [1.29, 1.82) is 0 Å². The maximum atomic E-state index is 12.3. The van der Waals surface area contributed by atoms with E-state index in [9.17, 15) is 20.0 Å². The van der Waals surface area contributed by atoms with Crippen LogP contribution in [0.4, 0.5) is 5.69 Å². The molecule has 0 heterocycles. The molecule has 0 saturated carbocycles. The van der Waals surface area contributed by atoms with Crippen LogP contribution in [0.2, 0.25) is 0 Å². The Balaban J connectivity index is 2.07. The minimum atomic E-state index is -0.486. The number of ketones is 1. The average molecular weight is 356 g/mol. The number of nitrogens with one attached hydrogen (secondary N) is 1. The summed E-state index contributed by atoms with van der Waals surface area (Å²) in [5.41, 5.74) is 3.78. The van der Waals surface area contributed by atoms with E-state index in [2.05, 4.69) is 5.48 Å². The molecule has 0 amide bonds. The van der Waals surface area contributed by atoms with E-state index in [1.807, 2.05) is 6.92 Å². The number of benzene rings is 2. The number of hydroxylamine groups is 1. The number of phenolic OH excluding ortho intramolecular Hbond substituents is 1. The van der Waals surface area contributed by atoms with Crippen LogP contribution in [0.3, 0.4) is 0 Å². The number of rotatable bonds is 9. The standard InChI is InChI=1S/C19H20N2O5/c1-2-3-4-15(13-19(23)14-5-9-17(22)10-6-14)20-26-18-11-7-16(8-12-18)21(24)25/h5-13,20,22H,2-4H2,1H3/b15-13+. The number of non-ortho nitro benzene ring substituents is 1. The van der Waals surface area contributed by atoms with E-state index in [0.717, 1.165) is 12.8 Å². The van der Waals surface area contributed by atoms with Crippen molar-refractivity contribution in [2.45, 2.75) is 26.2 Å². The van der Waals surface area contributed by atoms with Crippen LogP contribution < -0.4 is 10.3 Å². The number of carbonyl (C=O) groups is 1. The lowest BCUT2D eigenvalue weighted by molar-refractivity contribution is -0.384. The molecule has 0 radical (unpaired) electrons. The second-order valence-corrected chi connectivity index (χ2v) is 5.64. The van der Waals surface area contributed by atoms with Gasteiger partial charge in [0.25, 0.3) is 5.69 Å². The molecule has 0 fully saturated rings. The summed E-state index contributed by atoms with van der Waals surface area (Å²) in [5.74, 6) is 0.280. The lowest BCUT2D eigenvalue weighted by Crippen LogP contribution is -2.19. The minimum Gasteiger partial charge on any atom is -0.508 e. The van der Waals surface area contributed by atoms with Crippen LogP contribution in [0.1, 0.15) is 36.5 Å². The summed E-state index contributed by atoms with van der Waals surface area (Å²) in [6.07, 6.45) is 3.88. The Morgan fingerprint density at radius 3 is 2.42 bits per heavy atom. The maximum Gasteiger partial charge on any atom is 0.269 e. The Labute approximate surface area is 151 Å². The van der Waals surface area contributed by atoms with Gasteiger partial charge in [-0.25, -0.2) is 5.48 Å². The fourth-order valence-electron chi connectivity index (χ4n) is 2.15. The van der Waals surface area contributed by atoms with Crippen LogP contribution in [-0.2, 0) is 0 Å². The third-order valence-corrected chi connectivity index (χ3v) is 3.60. The molecular weight excluding hydrogens is 336 g/mol. The van der Waals surface area contributed by atoms with Crippen molar-refractivity contribution >= 4 is 11.5 Å². The SMILES string of the molecule is CCCC/C(=C\C(=O)c1ccc(O)cc1)NOc1ccc([N+](=O)[O-])cc1. The van der Waals surface area contributed by atoms with Crippen molar-refractivity contribution in [3.05, 3.63) is 76.0 Å². The predicted molar refractivity (Wildman–Crippen MR) is 96.9 cm³/mol. The number of aromatic hydroxyl groups is 1. The van der Waals surface area contributed by atoms with Crippen molar-refractivity contribution in [2.24, 2.45) is 0 Å². The van der Waals surface area contributed by atoms with Crippen LogP contribution in [-0.4, -0.2) is 15.8 Å². The fraction of sp³-hybridized carbons (Fsp3) is 0.211. The molecule has 0 aliphatic carbocycles. The summed E-state index contributed by atoms with van der Waals surface area (Å²) in [4.78, 5) is 27.9. The number of nitrogens with zero attached hydrogens (tertiary/aromatic N) is 1. The van der Waals surface area contributed by atoms with Crippen LogP contribution in [0.5, 0.6) is 11.5 Å². The molecule has 0 unspecified atom stereocenters. The zero-order valence-electron chi connectivity index (χ0n) is 14.3. The number of hydrogen-bond acceptors (Lipinski definition) is 6. The van der Waals surface area contributed by atoms with Crippen molar-refractivity contribution in [3.8, 4) is 11.5 Å². The van der Waals surface area contributed by atoms with E-state index in [1.165, 1.54) is 42.5 Å². The monoisotopic (exact) mass is 356 g/mol. The topological polar surface area (TPSA) is 102 Å². The number of hydrogen-bond donors (Lipinski definition) is 2. The number of unbranched alkanes of at least 4 members (excludes halogenated alkanes) is 1. The highest BCUT2D eigenvalue weighted by Gasteiger charge is 2.08. The number of allylic oxidation sites excluding steroid dienone is 2. The summed E-state index contributed by atoms with van der Waals surface area (Å²) < 4.78 is 0. The maximum absolute atomic E-state index is 12.3. The van der Waals surface area contributed by atoms with Crippen LogP contribution >= 0.6 is 0 Å². The number of carbonyl (C=O) groups excluding carboxylic acids is 1. The highest BCUT2D eigenvalue weighted by Crippen LogP contribution is 2.18. The Morgan fingerprint density at radius 2 is 1.85 bits per heavy atom. The van der Waals surface area contributed by atoms with Gasteiger partial charge in [0.15, 0.2) is 11.5 Å². The quantitative estimate of drug-likeness (QED) is 0.303. The zero-order valence-corrected chi connectivity index (χ0v) is 14.3. The second kappa shape index (κ2) is 9.22. The van der Waals surface area contributed by atoms with Crippen molar-refractivity contribution in [2.75, 3.05) is 0 Å². The Morgan fingerprint density at radius 1 is 1.19 bits per heavy atom. The van der Waals surface area contributed by atoms with Gasteiger partial charge in [0, 0.05) is 23.8 Å². The molecule has 0 aromatic heterocycles. The summed E-state index contributed by atoms with van der Waals surface area (Å²) in [6, 6.07) is 11.6. The number of nitro benzene ring substituents is 1. The van der Waals surface area contributed by atoms with Gasteiger partial charge in [-0.1, -0.05) is 13.3 Å². The molecule has 0 saturated heterocycles. The summed E-state index contributed by atoms with van der Waals surface area (Å²) >= 11 is 0. The molecule has 0 spiro atoms. The first-order valence-electron chi connectivity index (χ1n) is 8.21. The number of phenols is 1. The molecule has 7 nitrogen and oxygen atoms in total. The minimum absolute atomic E-state index is 0.0263. The average Bonchev–Trinajstić information content (AvgIpc) is 2.64. The van der Waals surface area contributed by atoms with Crippen LogP contribution in [0.15, 0.2) is 60.3 Å². The molecule has 0 aliphatic rings. The smallest absolute Gasteiger partial charge is 0.269 e. The van der Waals surface area contributed by atoms with Crippen molar-refractivity contribution < 1.29 is 19.7 Å². The lowest BCUT2D eigenvalue weighted by atomic mass is 10.1. The van der Waals surface area contributed by atoms with Crippen LogP contribution in [0, 0.1) is 10.1 Å². The molecule has 0 bridgehead atoms. The normalized spacial score (nSPS) is 11.0. The molecular formula is C19H20N2O5. The van der Waals surface area contributed by atoms with Gasteiger partial charge in [-0.05, 0) is 49.2 Å². The summed E-state index contributed by atoms with van der Waals surface area (Å²) in [6.45, 7) is 2.04. The largest absolute Gasteiger partial charge is 0.508 e. The summed E-state index contributed by atoms with van der Waals surface area (Å²) in [7, 11) is 0. The van der Waals surface area contributed by atoms with E-state index >= 15 is 0 Å². The highest BCUT2D eigenvalue weighted by molar-refractivity contribution is 6.04. The van der Waals surface area contributed by atoms with E-state index in [4.69, 9.17) is 4.84 Å². The Hall–Kier alpha value is -3.35. The van der Waals surface area contributed by atoms with E-state index in [0.29, 0.717) is 23.4 Å². The third-order valence-electron chi connectivity index (χ3n) is 3.60. The molecule has 7 heteroatoms. The zero-order chi connectivity index (χ0) is 18.9. The van der Waals surface area contributed by atoms with Gasteiger partial charge in [0.2, 0.25) is 0 Å². The van der Waals surface area contributed by atoms with Gasteiger partial charge in [-0.3, -0.25) is 14.9 Å². The lowest BCUT2D eigenvalue weighted by Gasteiger charge is -2.11. The van der Waals surface area contributed by atoms with Crippen molar-refractivity contribution in [3.63, 3.8) is 0 Å². The number of nitro groups is 1. The molecule has 0 aliphatic heterocycles. The molecule has 2 aromatic carbocycles. The Bertz CT molecular complexity index is 783. The highest BCUT2D eigenvalue weighted by atomic mass is 16.6. The molecule has 2 rings (SSSR count). The van der Waals surface area contributed by atoms with Gasteiger partial charge in [0.05, 0.1) is 10.6 Å². The van der Waals surface area contributed by atoms with E-state index in [-0.39, 0.29) is 17.2 Å². The second-order valence-electron chi connectivity index (χ2n) is 5.64. The summed E-state index contributed by atoms with van der Waals surface area (Å²) in [5, 5.41) is 20.0. The van der Waals surface area contributed by atoms with E-state index in [1.54, 1.807) is 12.1 Å². The Kier molecular flexibility index (Phi) is 6.73. The van der Waals surface area contributed by atoms with Gasteiger partial charge in [-0.15, -0.1) is 0 Å². The van der Waals surface area contributed by atoms with Gasteiger partial charge in [0.1, 0.15) is 5.75 Å². The third kappa shape index (κ3) is 5.62. The molecule has 26 heavy (non-hydrogen) atoms. The van der Waals surface area contributed by atoms with Gasteiger partial charge in [-0.2, -0.15) is 0 Å². The predicted octanol–water partition coefficient (Wildman–Crippen LogP) is 4.14. The first kappa shape index (κ1) is 19.0. The first-order valence-corrected chi connectivity index (χ1v) is 8.21. The first-order chi connectivity index (χ1) is 12.5. The fourth-order valence-corrected chi connectivity index (χ4v) is 2.15.